The van der Waals surface area contributed by atoms with Crippen LogP contribution >= 0.6 is 0 Å². The van der Waals surface area contributed by atoms with Crippen molar-refractivity contribution in [3.8, 4) is 0 Å². The minimum absolute atomic E-state index is 0. The molecule has 102 valence electrons. The molecule has 0 spiro atoms. The van der Waals surface area contributed by atoms with Gasteiger partial charge < -0.3 is 5.32 Å². The van der Waals surface area contributed by atoms with Gasteiger partial charge in [-0.2, -0.15) is 0 Å². The lowest BCUT2D eigenvalue weighted by atomic mass is 9.83. The quantitative estimate of drug-likeness (QED) is 0.826. The third-order valence-electron chi connectivity index (χ3n) is 3.49. The number of aryl methyl sites for hydroxylation is 2. The lowest BCUT2D eigenvalue weighted by Gasteiger charge is -2.24. The summed E-state index contributed by atoms with van der Waals surface area (Å²) in [6.45, 7) is 8.15. The van der Waals surface area contributed by atoms with Crippen molar-refractivity contribution in [2.24, 2.45) is 5.92 Å². The maximum atomic E-state index is 11.7. The summed E-state index contributed by atoms with van der Waals surface area (Å²) < 4.78 is 0. The fourth-order valence-corrected chi connectivity index (χ4v) is 1.99. The van der Waals surface area contributed by atoms with E-state index >= 15 is 0 Å². The SMILES string of the molecule is CC.Cc1ccc(NC(=O)CC2CCC2)cc1C.[HH]. The predicted octanol–water partition coefficient (Wildman–Crippen LogP) is 4.70. The Balaban J connectivity index is 0.00000103. The Morgan fingerprint density at radius 1 is 1.28 bits per heavy atom. The molecular weight excluding hydrogens is 222 g/mol. The van der Waals surface area contributed by atoms with Gasteiger partial charge in [0, 0.05) is 13.5 Å². The highest BCUT2D eigenvalue weighted by molar-refractivity contribution is 5.91. The zero-order chi connectivity index (χ0) is 13.5. The van der Waals surface area contributed by atoms with Crippen LogP contribution in [0.2, 0.25) is 0 Å². The number of rotatable bonds is 3. The van der Waals surface area contributed by atoms with Crippen LogP contribution in [0.25, 0.3) is 0 Å². The van der Waals surface area contributed by atoms with Crippen molar-refractivity contribution in [1.29, 1.82) is 0 Å². The number of anilines is 1. The lowest BCUT2D eigenvalue weighted by molar-refractivity contribution is -0.117. The molecule has 2 rings (SSSR count). The third kappa shape index (κ3) is 4.17. The van der Waals surface area contributed by atoms with E-state index in [2.05, 4.69) is 19.2 Å². The van der Waals surface area contributed by atoms with Gasteiger partial charge in [-0.15, -0.1) is 0 Å². The topological polar surface area (TPSA) is 29.1 Å². The molecule has 0 radical (unpaired) electrons. The van der Waals surface area contributed by atoms with Gasteiger partial charge in [0.05, 0.1) is 0 Å². The molecule has 1 aromatic carbocycles. The molecule has 1 fully saturated rings. The van der Waals surface area contributed by atoms with Gasteiger partial charge in [-0.3, -0.25) is 4.79 Å². The molecule has 0 aromatic heterocycles. The Morgan fingerprint density at radius 3 is 2.44 bits per heavy atom. The molecule has 1 saturated carbocycles. The van der Waals surface area contributed by atoms with Gasteiger partial charge in [-0.05, 0) is 55.9 Å². The van der Waals surface area contributed by atoms with Gasteiger partial charge in [0.1, 0.15) is 0 Å². The average molecular weight is 249 g/mol. The van der Waals surface area contributed by atoms with Crippen molar-refractivity contribution in [2.75, 3.05) is 5.32 Å². The predicted molar refractivity (Wildman–Crippen MR) is 80.0 cm³/mol. The maximum absolute atomic E-state index is 11.7. The fourth-order valence-electron chi connectivity index (χ4n) is 1.99. The Kier molecular flexibility index (Phi) is 5.90. The monoisotopic (exact) mass is 249 g/mol. The minimum Gasteiger partial charge on any atom is -0.326 e. The normalized spacial score (nSPS) is 14.2. The lowest BCUT2D eigenvalue weighted by Crippen LogP contribution is -2.20. The second-order valence-electron chi connectivity index (χ2n) is 4.85. The van der Waals surface area contributed by atoms with E-state index in [1.807, 2.05) is 32.0 Å². The van der Waals surface area contributed by atoms with Crippen molar-refractivity contribution in [1.82, 2.24) is 0 Å². The van der Waals surface area contributed by atoms with Crippen molar-refractivity contribution < 1.29 is 6.22 Å². The molecule has 1 amide bonds. The molecule has 0 bridgehead atoms. The number of hydrogen-bond acceptors (Lipinski definition) is 1. The van der Waals surface area contributed by atoms with Crippen LogP contribution in [-0.2, 0) is 4.79 Å². The van der Waals surface area contributed by atoms with Crippen LogP contribution in [0.15, 0.2) is 18.2 Å². The van der Waals surface area contributed by atoms with E-state index in [0.717, 1.165) is 5.69 Å². The summed E-state index contributed by atoms with van der Waals surface area (Å²) in [5, 5.41) is 2.97. The van der Waals surface area contributed by atoms with E-state index in [-0.39, 0.29) is 7.33 Å². The first-order valence-corrected chi connectivity index (χ1v) is 7.02. The largest absolute Gasteiger partial charge is 0.326 e. The molecule has 1 aliphatic carbocycles. The molecule has 0 aliphatic heterocycles. The molecule has 1 N–H and O–H groups in total. The smallest absolute Gasteiger partial charge is 0.224 e. The zero-order valence-corrected chi connectivity index (χ0v) is 12.0. The number of nitrogens with one attached hydrogen (secondary N) is 1. The van der Waals surface area contributed by atoms with Crippen LogP contribution in [0.5, 0.6) is 0 Å². The molecule has 0 atom stereocenters. The van der Waals surface area contributed by atoms with E-state index in [9.17, 15) is 4.79 Å². The van der Waals surface area contributed by atoms with Crippen molar-refractivity contribution in [3.05, 3.63) is 29.3 Å². The van der Waals surface area contributed by atoms with Gasteiger partial charge in [-0.25, -0.2) is 0 Å². The Bertz CT molecular complexity index is 400. The molecular formula is C16H27NO. The van der Waals surface area contributed by atoms with Crippen LogP contribution in [0.1, 0.15) is 52.1 Å². The van der Waals surface area contributed by atoms with E-state index in [4.69, 9.17) is 0 Å². The number of carbonyl (C=O) groups excluding carboxylic acids is 1. The summed E-state index contributed by atoms with van der Waals surface area (Å²) in [5.41, 5.74) is 3.41. The number of hydrogen-bond donors (Lipinski definition) is 1. The molecule has 0 unspecified atom stereocenters. The number of benzene rings is 1. The highest BCUT2D eigenvalue weighted by Crippen LogP contribution is 2.29. The maximum Gasteiger partial charge on any atom is 0.224 e. The average Bonchev–Trinajstić information content (AvgIpc) is 2.31. The van der Waals surface area contributed by atoms with Gasteiger partial charge in [-0.1, -0.05) is 26.3 Å². The Morgan fingerprint density at radius 2 is 1.94 bits per heavy atom. The highest BCUT2D eigenvalue weighted by atomic mass is 16.1. The first-order chi connectivity index (χ1) is 8.65. The third-order valence-corrected chi connectivity index (χ3v) is 3.49. The number of carbonyl (C=O) groups is 1. The molecule has 18 heavy (non-hydrogen) atoms. The number of amides is 1. The van der Waals surface area contributed by atoms with Gasteiger partial charge in [0.2, 0.25) is 5.91 Å². The second-order valence-corrected chi connectivity index (χ2v) is 4.85. The van der Waals surface area contributed by atoms with E-state index in [0.29, 0.717) is 12.3 Å². The van der Waals surface area contributed by atoms with Crippen molar-refractivity contribution in [3.63, 3.8) is 0 Å². The first-order valence-electron chi connectivity index (χ1n) is 7.02. The highest BCUT2D eigenvalue weighted by Gasteiger charge is 2.20. The molecule has 0 saturated heterocycles. The van der Waals surface area contributed by atoms with Crippen LogP contribution in [-0.4, -0.2) is 5.91 Å². The van der Waals surface area contributed by atoms with Crippen molar-refractivity contribution in [2.45, 2.75) is 53.4 Å². The zero-order valence-electron chi connectivity index (χ0n) is 12.0. The molecule has 1 aromatic rings. The van der Waals surface area contributed by atoms with E-state index < -0.39 is 0 Å². The van der Waals surface area contributed by atoms with E-state index in [1.165, 1.54) is 30.4 Å². The first kappa shape index (κ1) is 14.7. The molecule has 0 heterocycles. The Labute approximate surface area is 112 Å². The summed E-state index contributed by atoms with van der Waals surface area (Å²) >= 11 is 0. The fraction of sp³-hybridized carbons (Fsp3) is 0.562. The molecule has 1 aliphatic rings. The van der Waals surface area contributed by atoms with Crippen molar-refractivity contribution >= 4 is 11.6 Å². The van der Waals surface area contributed by atoms with E-state index in [1.54, 1.807) is 0 Å². The van der Waals surface area contributed by atoms with Crippen LogP contribution in [0.3, 0.4) is 0 Å². The Hall–Kier alpha value is -1.31. The summed E-state index contributed by atoms with van der Waals surface area (Å²) in [5.74, 6) is 0.791. The van der Waals surface area contributed by atoms with Crippen LogP contribution < -0.4 is 5.32 Å². The van der Waals surface area contributed by atoms with Gasteiger partial charge in [0.25, 0.3) is 0 Å². The second kappa shape index (κ2) is 7.20. The van der Waals surface area contributed by atoms with Gasteiger partial charge >= 0.3 is 0 Å². The molecule has 2 heteroatoms. The van der Waals surface area contributed by atoms with Crippen LogP contribution in [0, 0.1) is 19.8 Å². The van der Waals surface area contributed by atoms with Gasteiger partial charge in [0.15, 0.2) is 0 Å². The summed E-state index contributed by atoms with van der Waals surface area (Å²) in [6.07, 6.45) is 4.43. The minimum atomic E-state index is 0. The molecule has 2 nitrogen and oxygen atoms in total. The summed E-state index contributed by atoms with van der Waals surface area (Å²) in [4.78, 5) is 11.7. The summed E-state index contributed by atoms with van der Waals surface area (Å²) in [7, 11) is 0. The van der Waals surface area contributed by atoms with Crippen LogP contribution in [0.4, 0.5) is 5.69 Å². The summed E-state index contributed by atoms with van der Waals surface area (Å²) in [6, 6.07) is 6.06. The standard InChI is InChI=1S/C14H19NO.C2H6.H2/c1-10-6-7-13(8-11(10)2)15-14(16)9-12-4-3-5-12;1-2;/h6-8,12H,3-5,9H2,1-2H3,(H,15,16);1-2H3;1H.